The number of nitrogens with zero attached hydrogens (tertiary/aromatic N) is 2. The lowest BCUT2D eigenvalue weighted by molar-refractivity contribution is -0.143. The van der Waals surface area contributed by atoms with Gasteiger partial charge in [0.1, 0.15) is 24.0 Å². The van der Waals surface area contributed by atoms with Gasteiger partial charge in [0.2, 0.25) is 11.8 Å². The molecule has 1 N–H and O–H groups in total. The number of Topliss-reactive ketones (excluding diaryl/α,β-unsaturated/α-hetero) is 1. The highest BCUT2D eigenvalue weighted by molar-refractivity contribution is 5.94. The van der Waals surface area contributed by atoms with Crippen LogP contribution in [0.25, 0.3) is 10.9 Å². The maximum absolute atomic E-state index is 16.4. The van der Waals surface area contributed by atoms with Crippen molar-refractivity contribution in [2.45, 2.75) is 129 Å². The van der Waals surface area contributed by atoms with Gasteiger partial charge in [-0.05, 0) is 79.9 Å². The lowest BCUT2D eigenvalue weighted by atomic mass is 9.85. The molecular weight excluding hydrogens is 644 g/mol. The number of benzene rings is 1. The summed E-state index contributed by atoms with van der Waals surface area (Å²) < 4.78 is 51.2. The Morgan fingerprint density at radius 1 is 1.04 bits per heavy atom. The van der Waals surface area contributed by atoms with Crippen LogP contribution in [0.1, 0.15) is 98.5 Å². The van der Waals surface area contributed by atoms with Crippen LogP contribution >= 0.6 is 0 Å². The Labute approximate surface area is 293 Å². The number of hydrogen-bond donors (Lipinski definition) is 1. The highest BCUT2D eigenvalue weighted by atomic mass is 19.3. The Kier molecular flexibility index (Phi) is 9.03. The fourth-order valence-corrected chi connectivity index (χ4v) is 8.48. The molecule has 0 radical (unpaired) electrons. The van der Waals surface area contributed by atoms with E-state index in [-0.39, 0.29) is 48.3 Å². The van der Waals surface area contributed by atoms with Crippen molar-refractivity contribution in [2.75, 3.05) is 6.54 Å². The number of alkyl carbamates (subject to hydrolysis) is 1. The second-order valence-corrected chi connectivity index (χ2v) is 16.9. The van der Waals surface area contributed by atoms with Crippen molar-refractivity contribution < 1.29 is 37.4 Å². The van der Waals surface area contributed by atoms with Crippen LogP contribution in [0.15, 0.2) is 24.3 Å². The molecule has 2 aliphatic heterocycles. The van der Waals surface area contributed by atoms with Crippen LogP contribution in [-0.2, 0) is 20.2 Å². The van der Waals surface area contributed by atoms with Gasteiger partial charge in [0.15, 0.2) is 5.78 Å². The lowest BCUT2D eigenvalue weighted by Gasteiger charge is -2.36. The Bertz CT molecular complexity index is 1650. The fourth-order valence-electron chi connectivity index (χ4n) is 8.48. The number of nitrogens with one attached hydrogen (secondary N) is 1. The number of pyridine rings is 1. The second-order valence-electron chi connectivity index (χ2n) is 16.9. The first-order valence-electron chi connectivity index (χ1n) is 18.6. The molecule has 11 heteroatoms. The molecule has 3 aliphatic carbocycles. The molecule has 50 heavy (non-hydrogen) atoms. The summed E-state index contributed by atoms with van der Waals surface area (Å²) >= 11 is 0. The third-order valence-electron chi connectivity index (χ3n) is 11.6. The number of aromatic nitrogens is 1. The third-order valence-corrected chi connectivity index (χ3v) is 11.6. The van der Waals surface area contributed by atoms with E-state index in [0.29, 0.717) is 41.3 Å². The van der Waals surface area contributed by atoms with Gasteiger partial charge in [-0.2, -0.15) is 0 Å². The molecule has 8 unspecified atom stereocenters. The molecule has 272 valence electrons. The molecule has 3 saturated carbocycles. The van der Waals surface area contributed by atoms with Crippen molar-refractivity contribution in [3.8, 4) is 11.6 Å². The number of hydrogen-bond acceptors (Lipinski definition) is 7. The molecule has 1 aromatic carbocycles. The van der Waals surface area contributed by atoms with Crippen LogP contribution in [0, 0.1) is 35.0 Å². The normalized spacial score (nSPS) is 32.9. The molecule has 9 nitrogen and oxygen atoms in total. The number of alkyl halides is 2. The summed E-state index contributed by atoms with van der Waals surface area (Å²) in [6.07, 6.45) is 3.29. The van der Waals surface area contributed by atoms with Gasteiger partial charge in [-0.15, -0.1) is 0 Å². The van der Waals surface area contributed by atoms with Gasteiger partial charge in [-0.3, -0.25) is 9.59 Å². The first-order chi connectivity index (χ1) is 23.6. The predicted molar refractivity (Wildman–Crippen MR) is 183 cm³/mol. The Morgan fingerprint density at radius 2 is 1.80 bits per heavy atom. The van der Waals surface area contributed by atoms with Crippen LogP contribution in [0.2, 0.25) is 0 Å². The van der Waals surface area contributed by atoms with Crippen LogP contribution in [0.3, 0.4) is 0 Å². The Balaban J connectivity index is 1.29. The minimum absolute atomic E-state index is 0.0317. The van der Waals surface area contributed by atoms with E-state index in [0.717, 1.165) is 25.7 Å². The summed E-state index contributed by atoms with van der Waals surface area (Å²) in [5.74, 6) is -3.35. The Hall–Kier alpha value is -3.50. The van der Waals surface area contributed by atoms with Gasteiger partial charge in [0, 0.05) is 29.7 Å². The van der Waals surface area contributed by atoms with Crippen molar-refractivity contribution in [1.29, 1.82) is 0 Å². The topological polar surface area (TPSA) is 107 Å². The lowest BCUT2D eigenvalue weighted by Crippen LogP contribution is -2.58. The quantitative estimate of drug-likeness (QED) is 0.355. The van der Waals surface area contributed by atoms with E-state index in [2.05, 4.69) is 10.3 Å². The number of rotatable bonds is 4. The van der Waals surface area contributed by atoms with Crippen molar-refractivity contribution >= 4 is 28.7 Å². The van der Waals surface area contributed by atoms with Crippen LogP contribution in [-0.4, -0.2) is 64.6 Å². The summed E-state index contributed by atoms with van der Waals surface area (Å²) in [4.78, 5) is 47.9. The molecule has 2 aromatic rings. The summed E-state index contributed by atoms with van der Waals surface area (Å²) in [6, 6.07) is 4.88. The number of ketones is 1. The Morgan fingerprint density at radius 3 is 2.50 bits per heavy atom. The molecule has 0 spiro atoms. The molecular formula is C39H51F2N3O6. The van der Waals surface area contributed by atoms with E-state index in [1.165, 1.54) is 11.0 Å². The van der Waals surface area contributed by atoms with Crippen LogP contribution in [0.5, 0.6) is 11.6 Å². The number of ether oxygens (including phenoxy) is 3. The molecule has 1 aromatic heterocycles. The smallest absolute Gasteiger partial charge is 0.408 e. The van der Waals surface area contributed by atoms with Crippen molar-refractivity contribution in [3.63, 3.8) is 0 Å². The number of amides is 2. The molecule has 7 rings (SSSR count). The summed E-state index contributed by atoms with van der Waals surface area (Å²) in [6.45, 7) is 10.9. The first kappa shape index (κ1) is 34.9. The predicted octanol–water partition coefficient (Wildman–Crippen LogP) is 7.43. The van der Waals surface area contributed by atoms with E-state index in [4.69, 9.17) is 14.2 Å². The highest BCUT2D eigenvalue weighted by Crippen LogP contribution is 2.58. The van der Waals surface area contributed by atoms with Gasteiger partial charge in [-0.1, -0.05) is 48.0 Å². The van der Waals surface area contributed by atoms with Crippen LogP contribution in [0.4, 0.5) is 13.6 Å². The largest absolute Gasteiger partial charge is 0.490 e. The van der Waals surface area contributed by atoms with Crippen molar-refractivity contribution in [3.05, 3.63) is 29.8 Å². The second kappa shape index (κ2) is 12.9. The van der Waals surface area contributed by atoms with Crippen molar-refractivity contribution in [1.82, 2.24) is 15.2 Å². The zero-order valence-electron chi connectivity index (χ0n) is 30.0. The molecule has 8 atom stereocenters. The van der Waals surface area contributed by atoms with Gasteiger partial charge in [-0.25, -0.2) is 18.6 Å². The minimum atomic E-state index is -3.25. The van der Waals surface area contributed by atoms with Gasteiger partial charge >= 0.3 is 6.09 Å². The summed E-state index contributed by atoms with van der Waals surface area (Å²) in [7, 11) is 0. The van der Waals surface area contributed by atoms with E-state index in [1.807, 2.05) is 27.7 Å². The van der Waals surface area contributed by atoms with Gasteiger partial charge < -0.3 is 24.4 Å². The summed E-state index contributed by atoms with van der Waals surface area (Å²) in [5.41, 5.74) is -0.554. The van der Waals surface area contributed by atoms with Crippen molar-refractivity contribution in [2.24, 2.45) is 35.0 Å². The third kappa shape index (κ3) is 6.90. The molecule has 4 fully saturated rings. The molecule has 2 bridgehead atoms. The number of halogens is 2. The number of carbonyl (C=O) groups is 3. The monoisotopic (exact) mass is 695 g/mol. The SMILES string of the molecule is CC(C)C(=O)C1C(C)C2CN1C(=O)C(C(C)(C)C)NC(=O)OC1CC3CC3C1CCCCC(F)(F)c1cc3ccc(OC4CC4)cc3nc1O2. The zero-order valence-corrected chi connectivity index (χ0v) is 30.0. The minimum Gasteiger partial charge on any atom is -0.490 e. The number of carbonyl (C=O) groups excluding carboxylic acids is 3. The first-order valence-corrected chi connectivity index (χ1v) is 18.6. The highest BCUT2D eigenvalue weighted by Gasteiger charge is 2.55. The average Bonchev–Trinajstić information content (AvgIpc) is 3.96. The molecule has 3 heterocycles. The van der Waals surface area contributed by atoms with Crippen LogP contribution < -0.4 is 14.8 Å². The van der Waals surface area contributed by atoms with E-state index in [9.17, 15) is 14.4 Å². The van der Waals surface area contributed by atoms with Gasteiger partial charge in [0.25, 0.3) is 5.92 Å². The molecule has 1 saturated heterocycles. The standard InChI is InChI=1S/C39H51F2N3O6/c1-20(2)33(45)32-21(3)31-19-44(32)36(46)34(38(4,5)6)43-37(47)50-30-17-23-15-27(23)26(30)9-7-8-14-39(40,41)28-16-22-10-11-25(48-24-12-13-24)18-29(22)42-35(28)49-31/h10-11,16,18,20-21,23-24,26-27,30-32,34H,7-9,12-15,17,19H2,1-6H3,(H,43,47). The van der Waals surface area contributed by atoms with E-state index < -0.39 is 59.8 Å². The summed E-state index contributed by atoms with van der Waals surface area (Å²) in [5, 5.41) is 3.43. The number of fused-ring (bicyclic) bond motifs is 7. The molecule has 2 amide bonds. The fraction of sp³-hybridized carbons (Fsp3) is 0.692. The zero-order chi connectivity index (χ0) is 35.7. The van der Waals surface area contributed by atoms with E-state index in [1.54, 1.807) is 32.0 Å². The van der Waals surface area contributed by atoms with Gasteiger partial charge in [0.05, 0.1) is 29.8 Å². The molecule has 5 aliphatic rings. The van der Waals surface area contributed by atoms with E-state index >= 15 is 8.78 Å². The average molecular weight is 696 g/mol. The maximum atomic E-state index is 16.4. The maximum Gasteiger partial charge on any atom is 0.408 e.